The molecule has 1 unspecified atom stereocenters. The van der Waals surface area contributed by atoms with Gasteiger partial charge in [-0.25, -0.2) is 9.37 Å². The van der Waals surface area contributed by atoms with Crippen molar-refractivity contribution in [2.45, 2.75) is 37.8 Å². The molecule has 3 N–H and O–H groups in total. The number of nitrogens with two attached hydrogens (primary N) is 1. The van der Waals surface area contributed by atoms with Crippen LogP contribution in [0.5, 0.6) is 0 Å². The predicted octanol–water partition coefficient (Wildman–Crippen LogP) is 2.31. The number of nitrogens with one attached hydrogen (secondary N) is 1. The molecular weight excluding hydrogens is 317 g/mol. The number of aromatic nitrogens is 1. The molecule has 1 fully saturated rings. The number of hydrogen-bond donors (Lipinski definition) is 2. The Morgan fingerprint density at radius 3 is 2.70 bits per heavy atom. The Morgan fingerprint density at radius 1 is 1.35 bits per heavy atom. The molecular formula is C16H18FN3O2S. The van der Waals surface area contributed by atoms with Crippen molar-refractivity contribution in [2.75, 3.05) is 0 Å². The molecule has 1 aromatic rings. The standard InChI is InChI=1S/C16H18FN3O2S/c17-16(15-19-7-8-23-15)9-11(13(18)21)5-6-12(16)20-14(22)10-3-1-2-4-10/h5-8,10H,1-4,9H2,(H2,18,21)(H,20,22). The van der Waals surface area contributed by atoms with Crippen LogP contribution in [-0.2, 0) is 15.3 Å². The first-order valence-corrected chi connectivity index (χ1v) is 8.49. The Labute approximate surface area is 137 Å². The summed E-state index contributed by atoms with van der Waals surface area (Å²) in [7, 11) is 0. The van der Waals surface area contributed by atoms with E-state index < -0.39 is 11.6 Å². The number of carbonyl (C=O) groups is 2. The fourth-order valence-corrected chi connectivity index (χ4v) is 3.82. The maximum Gasteiger partial charge on any atom is 0.244 e. The lowest BCUT2D eigenvalue weighted by atomic mass is 9.87. The van der Waals surface area contributed by atoms with Crippen molar-refractivity contribution in [3.8, 4) is 0 Å². The van der Waals surface area contributed by atoms with Crippen LogP contribution in [0.25, 0.3) is 0 Å². The van der Waals surface area contributed by atoms with Gasteiger partial charge in [0.1, 0.15) is 5.01 Å². The maximum absolute atomic E-state index is 15.7. The second kappa shape index (κ2) is 6.23. The molecule has 5 nitrogen and oxygen atoms in total. The van der Waals surface area contributed by atoms with Crippen molar-refractivity contribution < 1.29 is 14.0 Å². The van der Waals surface area contributed by atoms with Gasteiger partial charge in [-0.2, -0.15) is 0 Å². The van der Waals surface area contributed by atoms with Gasteiger partial charge in [0.15, 0.2) is 0 Å². The molecule has 2 aliphatic rings. The van der Waals surface area contributed by atoms with Crippen LogP contribution in [0.1, 0.15) is 37.1 Å². The van der Waals surface area contributed by atoms with Crippen LogP contribution in [0.4, 0.5) is 4.39 Å². The quantitative estimate of drug-likeness (QED) is 0.885. The van der Waals surface area contributed by atoms with Crippen LogP contribution in [0.2, 0.25) is 0 Å². The molecule has 1 saturated carbocycles. The normalized spacial score (nSPS) is 24.9. The third kappa shape index (κ3) is 3.06. The maximum atomic E-state index is 15.7. The van der Waals surface area contributed by atoms with Gasteiger partial charge >= 0.3 is 0 Å². The fourth-order valence-electron chi connectivity index (χ4n) is 3.08. The number of primary amides is 1. The summed E-state index contributed by atoms with van der Waals surface area (Å²) in [4.78, 5) is 27.8. The molecule has 7 heteroatoms. The topological polar surface area (TPSA) is 85.1 Å². The number of allylic oxidation sites excluding steroid dienone is 3. The molecule has 0 bridgehead atoms. The zero-order chi connectivity index (χ0) is 16.4. The van der Waals surface area contributed by atoms with E-state index in [4.69, 9.17) is 5.73 Å². The van der Waals surface area contributed by atoms with Gasteiger partial charge < -0.3 is 11.1 Å². The lowest BCUT2D eigenvalue weighted by molar-refractivity contribution is -0.124. The van der Waals surface area contributed by atoms with Crippen LogP contribution in [0.15, 0.2) is 35.0 Å². The van der Waals surface area contributed by atoms with Crippen LogP contribution >= 0.6 is 11.3 Å². The zero-order valence-electron chi connectivity index (χ0n) is 12.5. The van der Waals surface area contributed by atoms with Crippen LogP contribution < -0.4 is 11.1 Å². The number of alkyl halides is 1. The molecule has 23 heavy (non-hydrogen) atoms. The summed E-state index contributed by atoms with van der Waals surface area (Å²) in [5.41, 5.74) is 3.57. The minimum atomic E-state index is -2.03. The molecule has 2 aliphatic carbocycles. The van der Waals surface area contributed by atoms with Crippen molar-refractivity contribution in [3.05, 3.63) is 40.0 Å². The van der Waals surface area contributed by atoms with Crippen LogP contribution in [0, 0.1) is 5.92 Å². The molecule has 122 valence electrons. The van der Waals surface area contributed by atoms with Crippen molar-refractivity contribution in [1.29, 1.82) is 0 Å². The van der Waals surface area contributed by atoms with Gasteiger partial charge in [0, 0.05) is 29.5 Å². The van der Waals surface area contributed by atoms with Crippen molar-refractivity contribution in [1.82, 2.24) is 10.3 Å². The Morgan fingerprint density at radius 2 is 2.09 bits per heavy atom. The Kier molecular flexibility index (Phi) is 4.30. The number of carbonyl (C=O) groups excluding carboxylic acids is 2. The number of halogens is 1. The molecule has 0 aliphatic heterocycles. The summed E-state index contributed by atoms with van der Waals surface area (Å²) in [6, 6.07) is 0. The summed E-state index contributed by atoms with van der Waals surface area (Å²) in [6.45, 7) is 0. The van der Waals surface area contributed by atoms with Crippen molar-refractivity contribution >= 4 is 23.2 Å². The van der Waals surface area contributed by atoms with Crippen molar-refractivity contribution in [2.24, 2.45) is 11.7 Å². The number of hydrogen-bond acceptors (Lipinski definition) is 4. The molecule has 0 saturated heterocycles. The SMILES string of the molecule is NC(=O)C1=CC=C(NC(=O)C2CCCC2)C(F)(c2nccs2)C1. The first-order valence-electron chi connectivity index (χ1n) is 7.61. The number of amides is 2. The first-order chi connectivity index (χ1) is 11.0. The molecule has 1 atom stereocenters. The van der Waals surface area contributed by atoms with Gasteiger partial charge in [0.25, 0.3) is 0 Å². The number of thiazole rings is 1. The summed E-state index contributed by atoms with van der Waals surface area (Å²) in [5.74, 6) is -0.901. The van der Waals surface area contributed by atoms with E-state index in [0.29, 0.717) is 0 Å². The third-order valence-electron chi connectivity index (χ3n) is 4.38. The van der Waals surface area contributed by atoms with Gasteiger partial charge in [-0.05, 0) is 18.9 Å². The van der Waals surface area contributed by atoms with E-state index in [-0.39, 0.29) is 34.5 Å². The smallest absolute Gasteiger partial charge is 0.244 e. The first kappa shape index (κ1) is 15.9. The van der Waals surface area contributed by atoms with Gasteiger partial charge in [-0.1, -0.05) is 18.9 Å². The number of nitrogens with zero attached hydrogens (tertiary/aromatic N) is 1. The number of rotatable bonds is 4. The van der Waals surface area contributed by atoms with E-state index in [1.165, 1.54) is 18.3 Å². The summed E-state index contributed by atoms with van der Waals surface area (Å²) in [6.07, 6.45) is 7.89. The lowest BCUT2D eigenvalue weighted by Crippen LogP contribution is -2.40. The monoisotopic (exact) mass is 335 g/mol. The highest BCUT2D eigenvalue weighted by atomic mass is 32.1. The van der Waals surface area contributed by atoms with Crippen LogP contribution in [0.3, 0.4) is 0 Å². The lowest BCUT2D eigenvalue weighted by Gasteiger charge is -2.30. The van der Waals surface area contributed by atoms with E-state index in [2.05, 4.69) is 10.3 Å². The van der Waals surface area contributed by atoms with Crippen LogP contribution in [-0.4, -0.2) is 16.8 Å². The summed E-state index contributed by atoms with van der Waals surface area (Å²) >= 11 is 1.15. The second-order valence-electron chi connectivity index (χ2n) is 5.92. The highest BCUT2D eigenvalue weighted by molar-refractivity contribution is 7.09. The van der Waals surface area contributed by atoms with E-state index in [9.17, 15) is 9.59 Å². The van der Waals surface area contributed by atoms with Crippen molar-refractivity contribution in [3.63, 3.8) is 0 Å². The van der Waals surface area contributed by atoms with E-state index in [1.807, 2.05) is 0 Å². The third-order valence-corrected chi connectivity index (χ3v) is 5.29. The highest BCUT2D eigenvalue weighted by Gasteiger charge is 2.43. The van der Waals surface area contributed by atoms with Gasteiger partial charge in [-0.15, -0.1) is 11.3 Å². The average molecular weight is 335 g/mol. The van der Waals surface area contributed by atoms with Gasteiger partial charge in [-0.3, -0.25) is 9.59 Å². The minimum Gasteiger partial charge on any atom is -0.366 e. The molecule has 2 amide bonds. The largest absolute Gasteiger partial charge is 0.366 e. The summed E-state index contributed by atoms with van der Waals surface area (Å²) < 4.78 is 15.7. The molecule has 0 spiro atoms. The van der Waals surface area contributed by atoms with E-state index in [1.54, 1.807) is 5.38 Å². The van der Waals surface area contributed by atoms with E-state index in [0.717, 1.165) is 37.0 Å². The zero-order valence-corrected chi connectivity index (χ0v) is 13.4. The molecule has 0 radical (unpaired) electrons. The van der Waals surface area contributed by atoms with Gasteiger partial charge in [0.2, 0.25) is 17.5 Å². The Hall–Kier alpha value is -2.02. The summed E-state index contributed by atoms with van der Waals surface area (Å²) in [5, 5.41) is 4.59. The molecule has 0 aromatic carbocycles. The fraction of sp³-hybridized carbons (Fsp3) is 0.438. The molecule has 3 rings (SSSR count). The Balaban J connectivity index is 1.90. The molecule has 1 aromatic heterocycles. The highest BCUT2D eigenvalue weighted by Crippen LogP contribution is 2.42. The Bertz CT molecular complexity index is 678. The average Bonchev–Trinajstić information content (AvgIpc) is 3.22. The van der Waals surface area contributed by atoms with E-state index >= 15 is 4.39 Å². The predicted molar refractivity (Wildman–Crippen MR) is 85.0 cm³/mol. The second-order valence-corrected chi connectivity index (χ2v) is 6.82. The minimum absolute atomic E-state index is 0.0713. The molecule has 1 heterocycles. The van der Waals surface area contributed by atoms with Gasteiger partial charge in [0.05, 0.1) is 5.70 Å².